The molecule has 0 aliphatic rings. The zero-order valence-corrected chi connectivity index (χ0v) is 14.2. The molecule has 0 fully saturated rings. The van der Waals surface area contributed by atoms with E-state index in [1.54, 1.807) is 0 Å². The van der Waals surface area contributed by atoms with Crippen LogP contribution in [-0.2, 0) is 0 Å². The van der Waals surface area contributed by atoms with Gasteiger partial charge in [-0.3, -0.25) is 0 Å². The molecule has 0 aliphatic carbocycles. The highest BCUT2D eigenvalue weighted by molar-refractivity contribution is 6.17. The largest absolute Gasteiger partial charge is 0.303 e. The minimum Gasteiger partial charge on any atom is -0.303 e. The Morgan fingerprint density at radius 2 is 1.00 bits per heavy atom. The molecule has 1 nitrogen and oxygen atoms in total. The van der Waals surface area contributed by atoms with Crippen LogP contribution < -0.4 is 0 Å². The van der Waals surface area contributed by atoms with E-state index < -0.39 is 0 Å². The molecule has 19 heavy (non-hydrogen) atoms. The summed E-state index contributed by atoms with van der Waals surface area (Å²) < 4.78 is 0. The fourth-order valence-corrected chi connectivity index (χ4v) is 2.62. The Balaban J connectivity index is 3.57. The van der Waals surface area contributed by atoms with E-state index in [-0.39, 0.29) is 0 Å². The number of halogens is 1. The van der Waals surface area contributed by atoms with Gasteiger partial charge in [0.05, 0.1) is 0 Å². The lowest BCUT2D eigenvalue weighted by Gasteiger charge is -2.22. The Morgan fingerprint density at radius 3 is 1.42 bits per heavy atom. The molecule has 0 saturated heterocycles. The van der Waals surface area contributed by atoms with Crippen LogP contribution >= 0.6 is 11.6 Å². The number of nitrogens with zero attached hydrogens (tertiary/aromatic N) is 1. The van der Waals surface area contributed by atoms with Gasteiger partial charge in [-0.25, -0.2) is 0 Å². The van der Waals surface area contributed by atoms with Crippen LogP contribution in [0.15, 0.2) is 0 Å². The van der Waals surface area contributed by atoms with Crippen molar-refractivity contribution in [3.8, 4) is 0 Å². The maximum atomic E-state index is 5.82. The Hall–Kier alpha value is 0.250. The first-order valence-electron chi connectivity index (χ1n) is 8.63. The van der Waals surface area contributed by atoms with Gasteiger partial charge in [-0.2, -0.15) is 0 Å². The quantitative estimate of drug-likeness (QED) is 0.270. The lowest BCUT2D eigenvalue weighted by Crippen LogP contribution is -2.27. The summed E-state index contributed by atoms with van der Waals surface area (Å²) in [6.07, 6.45) is 15.0. The maximum Gasteiger partial charge on any atom is 0.0235 e. The molecular weight excluding hydrogens is 254 g/mol. The van der Waals surface area contributed by atoms with Gasteiger partial charge in [-0.15, -0.1) is 11.6 Å². The number of hydrogen-bond donors (Lipinski definition) is 0. The normalized spacial score (nSPS) is 11.4. The van der Waals surface area contributed by atoms with Crippen molar-refractivity contribution in [3.05, 3.63) is 0 Å². The molecule has 116 valence electrons. The first kappa shape index (κ1) is 19.2. The number of rotatable bonds is 15. The number of hydrogen-bond acceptors (Lipinski definition) is 1. The standard InChI is InChI=1S/C17H36ClN/c1-3-5-7-9-11-15-19(17-13-14-18)16-12-10-8-6-4-2/h3-17H2,1-2H3. The van der Waals surface area contributed by atoms with Crippen LogP contribution in [0.4, 0.5) is 0 Å². The summed E-state index contributed by atoms with van der Waals surface area (Å²) in [5.41, 5.74) is 0. The maximum absolute atomic E-state index is 5.82. The van der Waals surface area contributed by atoms with E-state index >= 15 is 0 Å². The highest BCUT2D eigenvalue weighted by atomic mass is 35.5. The van der Waals surface area contributed by atoms with E-state index in [1.807, 2.05) is 0 Å². The second-order valence-corrected chi connectivity index (χ2v) is 6.09. The van der Waals surface area contributed by atoms with Crippen molar-refractivity contribution < 1.29 is 0 Å². The monoisotopic (exact) mass is 289 g/mol. The van der Waals surface area contributed by atoms with E-state index in [4.69, 9.17) is 11.6 Å². The van der Waals surface area contributed by atoms with E-state index in [2.05, 4.69) is 18.7 Å². The second kappa shape index (κ2) is 16.3. The Morgan fingerprint density at radius 1 is 0.579 bits per heavy atom. The predicted molar refractivity (Wildman–Crippen MR) is 89.3 cm³/mol. The van der Waals surface area contributed by atoms with E-state index in [9.17, 15) is 0 Å². The molecule has 0 saturated carbocycles. The number of alkyl halides is 1. The average molecular weight is 290 g/mol. The minimum absolute atomic E-state index is 0.808. The van der Waals surface area contributed by atoms with Crippen LogP contribution in [0.1, 0.15) is 84.5 Å². The summed E-state index contributed by atoms with van der Waals surface area (Å²) in [6, 6.07) is 0. The van der Waals surface area contributed by atoms with E-state index in [0.717, 1.165) is 12.3 Å². The first-order chi connectivity index (χ1) is 9.35. The lowest BCUT2D eigenvalue weighted by atomic mass is 10.1. The Bertz CT molecular complexity index is 147. The third kappa shape index (κ3) is 14.5. The molecule has 0 unspecified atom stereocenters. The Kier molecular flexibility index (Phi) is 16.5. The Labute approximate surface area is 127 Å². The van der Waals surface area contributed by atoms with Crippen molar-refractivity contribution in [3.63, 3.8) is 0 Å². The molecule has 0 N–H and O–H groups in total. The minimum atomic E-state index is 0.808. The fourth-order valence-electron chi connectivity index (χ4n) is 2.50. The average Bonchev–Trinajstić information content (AvgIpc) is 2.43. The molecule has 0 aromatic heterocycles. The summed E-state index contributed by atoms with van der Waals surface area (Å²) in [6.45, 7) is 8.33. The van der Waals surface area contributed by atoms with Crippen LogP contribution in [0, 0.1) is 0 Å². The molecule has 0 spiro atoms. The summed E-state index contributed by atoms with van der Waals surface area (Å²) in [7, 11) is 0. The summed E-state index contributed by atoms with van der Waals surface area (Å²) in [4.78, 5) is 2.64. The molecule has 0 aromatic rings. The molecule has 0 aromatic carbocycles. The fraction of sp³-hybridized carbons (Fsp3) is 1.00. The van der Waals surface area contributed by atoms with Crippen LogP contribution in [0.3, 0.4) is 0 Å². The van der Waals surface area contributed by atoms with Crippen molar-refractivity contribution in [2.75, 3.05) is 25.5 Å². The van der Waals surface area contributed by atoms with Crippen molar-refractivity contribution in [2.45, 2.75) is 84.5 Å². The van der Waals surface area contributed by atoms with Gasteiger partial charge in [-0.05, 0) is 38.9 Å². The van der Waals surface area contributed by atoms with Gasteiger partial charge >= 0.3 is 0 Å². The molecule has 0 aliphatic heterocycles. The SMILES string of the molecule is CCCCCCCN(CCCCl)CCCCCCC. The molecule has 0 amide bonds. The predicted octanol–water partition coefficient (Wildman–Crippen LogP) is 5.86. The molecule has 0 heterocycles. The van der Waals surface area contributed by atoms with Crippen LogP contribution in [0.25, 0.3) is 0 Å². The van der Waals surface area contributed by atoms with Crippen molar-refractivity contribution in [2.24, 2.45) is 0 Å². The smallest absolute Gasteiger partial charge is 0.0235 e. The van der Waals surface area contributed by atoms with Gasteiger partial charge in [0, 0.05) is 5.88 Å². The van der Waals surface area contributed by atoms with Crippen LogP contribution in [0.5, 0.6) is 0 Å². The molecule has 0 bridgehead atoms. The topological polar surface area (TPSA) is 3.24 Å². The molecule has 2 heteroatoms. The third-order valence-corrected chi connectivity index (χ3v) is 4.03. The second-order valence-electron chi connectivity index (χ2n) is 5.71. The highest BCUT2D eigenvalue weighted by Crippen LogP contribution is 2.08. The molecular formula is C17H36ClN. The van der Waals surface area contributed by atoms with Crippen LogP contribution in [0.2, 0.25) is 0 Å². The van der Waals surface area contributed by atoms with Crippen molar-refractivity contribution in [1.82, 2.24) is 4.90 Å². The summed E-state index contributed by atoms with van der Waals surface area (Å²) in [5.74, 6) is 0.808. The van der Waals surface area contributed by atoms with Gasteiger partial charge in [-0.1, -0.05) is 65.2 Å². The third-order valence-electron chi connectivity index (χ3n) is 3.76. The first-order valence-corrected chi connectivity index (χ1v) is 9.16. The molecule has 0 atom stereocenters. The summed E-state index contributed by atoms with van der Waals surface area (Å²) in [5, 5.41) is 0. The van der Waals surface area contributed by atoms with Gasteiger partial charge in [0.25, 0.3) is 0 Å². The van der Waals surface area contributed by atoms with Gasteiger partial charge in [0.15, 0.2) is 0 Å². The van der Waals surface area contributed by atoms with E-state index in [0.29, 0.717) is 0 Å². The molecule has 0 rings (SSSR count). The van der Waals surface area contributed by atoms with Gasteiger partial charge in [0.1, 0.15) is 0 Å². The van der Waals surface area contributed by atoms with Gasteiger partial charge in [0.2, 0.25) is 0 Å². The highest BCUT2D eigenvalue weighted by Gasteiger charge is 2.04. The lowest BCUT2D eigenvalue weighted by molar-refractivity contribution is 0.261. The van der Waals surface area contributed by atoms with Crippen LogP contribution in [-0.4, -0.2) is 30.4 Å². The summed E-state index contributed by atoms with van der Waals surface area (Å²) >= 11 is 5.82. The van der Waals surface area contributed by atoms with Crippen molar-refractivity contribution in [1.29, 1.82) is 0 Å². The van der Waals surface area contributed by atoms with Crippen molar-refractivity contribution >= 4 is 11.6 Å². The molecule has 0 radical (unpaired) electrons. The van der Waals surface area contributed by atoms with Gasteiger partial charge < -0.3 is 4.90 Å². The number of unbranched alkanes of at least 4 members (excludes halogenated alkanes) is 8. The zero-order valence-electron chi connectivity index (χ0n) is 13.4. The zero-order chi connectivity index (χ0) is 14.2. The van der Waals surface area contributed by atoms with E-state index in [1.165, 1.54) is 83.8 Å².